The highest BCUT2D eigenvalue weighted by Gasteiger charge is 2.22. The third kappa shape index (κ3) is 1.87. The van der Waals surface area contributed by atoms with Crippen molar-refractivity contribution in [2.24, 2.45) is 0 Å². The number of nitrogens with two attached hydrogens (primary N) is 1. The predicted octanol–water partition coefficient (Wildman–Crippen LogP) is 3.46. The monoisotopic (exact) mass is 262 g/mol. The first-order chi connectivity index (χ1) is 9.16. The van der Waals surface area contributed by atoms with Gasteiger partial charge in [-0.25, -0.2) is 8.78 Å². The predicted molar refractivity (Wildman–Crippen MR) is 64.0 cm³/mol. The van der Waals surface area contributed by atoms with Gasteiger partial charge in [-0.05, 0) is 24.3 Å². The molecular weight excluding hydrogens is 254 g/mol. The van der Waals surface area contributed by atoms with E-state index in [0.29, 0.717) is 5.76 Å². The van der Waals surface area contributed by atoms with Gasteiger partial charge in [-0.2, -0.15) is 0 Å². The van der Waals surface area contributed by atoms with Crippen LogP contribution in [-0.2, 0) is 0 Å². The van der Waals surface area contributed by atoms with E-state index in [1.165, 1.54) is 12.3 Å². The lowest BCUT2D eigenvalue weighted by Crippen LogP contribution is -1.91. The second-order valence-corrected chi connectivity index (χ2v) is 3.87. The van der Waals surface area contributed by atoms with Crippen LogP contribution in [0.25, 0.3) is 22.6 Å². The Labute approximate surface area is 106 Å². The van der Waals surface area contributed by atoms with Gasteiger partial charge in [0.05, 0.1) is 11.8 Å². The second kappa shape index (κ2) is 4.24. The van der Waals surface area contributed by atoms with Crippen LogP contribution in [0.15, 0.2) is 45.5 Å². The van der Waals surface area contributed by atoms with Gasteiger partial charge in [-0.1, -0.05) is 5.16 Å². The summed E-state index contributed by atoms with van der Waals surface area (Å²) in [5.41, 5.74) is 6.27. The lowest BCUT2D eigenvalue weighted by molar-refractivity contribution is 0.436. The summed E-state index contributed by atoms with van der Waals surface area (Å²) >= 11 is 0. The van der Waals surface area contributed by atoms with Gasteiger partial charge in [0, 0.05) is 11.6 Å². The highest BCUT2D eigenvalue weighted by atomic mass is 19.1. The van der Waals surface area contributed by atoms with E-state index in [-0.39, 0.29) is 22.7 Å². The molecule has 0 aliphatic carbocycles. The molecule has 0 saturated carbocycles. The number of hydrogen-bond acceptors (Lipinski definition) is 4. The first-order valence-corrected chi connectivity index (χ1v) is 5.41. The zero-order valence-corrected chi connectivity index (χ0v) is 9.56. The molecule has 2 N–H and O–H groups in total. The number of anilines is 1. The minimum Gasteiger partial charge on any atom is -0.463 e. The second-order valence-electron chi connectivity index (χ2n) is 3.87. The smallest absolute Gasteiger partial charge is 0.230 e. The SMILES string of the molecule is Nc1onc(-c2ccco2)c1-c1ccc(F)cc1F. The molecule has 19 heavy (non-hydrogen) atoms. The van der Waals surface area contributed by atoms with E-state index >= 15 is 0 Å². The van der Waals surface area contributed by atoms with Crippen molar-refractivity contribution in [3.8, 4) is 22.6 Å². The molecule has 1 aromatic carbocycles. The normalized spacial score (nSPS) is 10.8. The van der Waals surface area contributed by atoms with Crippen LogP contribution >= 0.6 is 0 Å². The van der Waals surface area contributed by atoms with E-state index in [1.54, 1.807) is 12.1 Å². The molecule has 4 nitrogen and oxygen atoms in total. The molecule has 0 saturated heterocycles. The van der Waals surface area contributed by atoms with E-state index in [9.17, 15) is 8.78 Å². The molecule has 2 heterocycles. The first-order valence-electron chi connectivity index (χ1n) is 5.41. The third-order valence-electron chi connectivity index (χ3n) is 2.67. The Bertz CT molecular complexity index is 720. The van der Waals surface area contributed by atoms with Crippen LogP contribution in [0.5, 0.6) is 0 Å². The molecule has 96 valence electrons. The molecule has 0 aliphatic heterocycles. The van der Waals surface area contributed by atoms with Crippen LogP contribution in [0.2, 0.25) is 0 Å². The van der Waals surface area contributed by atoms with Crippen molar-refractivity contribution >= 4 is 5.88 Å². The molecule has 0 radical (unpaired) electrons. The molecule has 6 heteroatoms. The van der Waals surface area contributed by atoms with Crippen molar-refractivity contribution < 1.29 is 17.7 Å². The average Bonchev–Trinajstić information content (AvgIpc) is 2.99. The molecule has 0 aliphatic rings. The van der Waals surface area contributed by atoms with Crippen molar-refractivity contribution in [3.63, 3.8) is 0 Å². The van der Waals surface area contributed by atoms with Gasteiger partial charge < -0.3 is 14.7 Å². The topological polar surface area (TPSA) is 65.2 Å². The number of halogens is 2. The largest absolute Gasteiger partial charge is 0.463 e. The number of aromatic nitrogens is 1. The minimum atomic E-state index is -0.747. The Morgan fingerprint density at radius 3 is 2.68 bits per heavy atom. The van der Waals surface area contributed by atoms with Crippen molar-refractivity contribution in [2.75, 3.05) is 5.73 Å². The van der Waals surface area contributed by atoms with Gasteiger partial charge in [-0.15, -0.1) is 0 Å². The quantitative estimate of drug-likeness (QED) is 0.768. The number of benzene rings is 1. The number of nitrogen functional groups attached to an aromatic ring is 1. The summed E-state index contributed by atoms with van der Waals surface area (Å²) in [6, 6.07) is 6.48. The van der Waals surface area contributed by atoms with Crippen LogP contribution in [0.3, 0.4) is 0 Å². The first kappa shape index (κ1) is 11.5. The number of furan rings is 1. The highest BCUT2D eigenvalue weighted by Crippen LogP contribution is 2.37. The van der Waals surface area contributed by atoms with Crippen LogP contribution in [-0.4, -0.2) is 5.16 Å². The summed E-state index contributed by atoms with van der Waals surface area (Å²) in [6.07, 6.45) is 1.45. The van der Waals surface area contributed by atoms with Crippen LogP contribution in [0.4, 0.5) is 14.7 Å². The number of hydrogen-bond donors (Lipinski definition) is 1. The molecule has 0 atom stereocenters. The lowest BCUT2D eigenvalue weighted by Gasteiger charge is -2.02. The van der Waals surface area contributed by atoms with E-state index in [2.05, 4.69) is 5.16 Å². The van der Waals surface area contributed by atoms with Crippen molar-refractivity contribution in [1.82, 2.24) is 5.16 Å². The van der Waals surface area contributed by atoms with Gasteiger partial charge in [-0.3, -0.25) is 0 Å². The third-order valence-corrected chi connectivity index (χ3v) is 2.67. The Kier molecular flexibility index (Phi) is 2.56. The van der Waals surface area contributed by atoms with Gasteiger partial charge in [0.25, 0.3) is 0 Å². The molecule has 0 unspecified atom stereocenters. The van der Waals surface area contributed by atoms with Gasteiger partial charge in [0.2, 0.25) is 5.88 Å². The van der Waals surface area contributed by atoms with Gasteiger partial charge in [0.15, 0.2) is 11.5 Å². The fourth-order valence-electron chi connectivity index (χ4n) is 1.84. The Morgan fingerprint density at radius 1 is 1.16 bits per heavy atom. The van der Waals surface area contributed by atoms with E-state index in [1.807, 2.05) is 0 Å². The molecule has 0 amide bonds. The maximum atomic E-state index is 13.8. The fourth-order valence-corrected chi connectivity index (χ4v) is 1.84. The van der Waals surface area contributed by atoms with Crippen molar-refractivity contribution in [1.29, 1.82) is 0 Å². The number of nitrogens with zero attached hydrogens (tertiary/aromatic N) is 1. The Hall–Kier alpha value is -2.63. The molecule has 3 rings (SSSR count). The Morgan fingerprint density at radius 2 is 2.00 bits per heavy atom. The molecule has 3 aromatic rings. The maximum Gasteiger partial charge on any atom is 0.230 e. The molecule has 0 spiro atoms. The van der Waals surface area contributed by atoms with Crippen LogP contribution < -0.4 is 5.73 Å². The van der Waals surface area contributed by atoms with Gasteiger partial charge in [0.1, 0.15) is 11.6 Å². The van der Waals surface area contributed by atoms with Gasteiger partial charge >= 0.3 is 0 Å². The maximum absolute atomic E-state index is 13.8. The van der Waals surface area contributed by atoms with E-state index < -0.39 is 11.6 Å². The van der Waals surface area contributed by atoms with Crippen molar-refractivity contribution in [3.05, 3.63) is 48.2 Å². The molecular formula is C13H8F2N2O2. The highest BCUT2D eigenvalue weighted by molar-refractivity contribution is 5.85. The minimum absolute atomic E-state index is 0.0584. The summed E-state index contributed by atoms with van der Waals surface area (Å²) in [6.45, 7) is 0. The van der Waals surface area contributed by atoms with Crippen LogP contribution in [0.1, 0.15) is 0 Å². The summed E-state index contributed by atoms with van der Waals surface area (Å²) in [7, 11) is 0. The summed E-state index contributed by atoms with van der Waals surface area (Å²) < 4.78 is 36.8. The molecule has 2 aromatic heterocycles. The standard InChI is InChI=1S/C13H8F2N2O2/c14-7-3-4-8(9(15)6-7)11-12(17-19-13(11)16)10-2-1-5-18-10/h1-6H,16H2. The van der Waals surface area contributed by atoms with E-state index in [4.69, 9.17) is 14.7 Å². The van der Waals surface area contributed by atoms with E-state index in [0.717, 1.165) is 12.1 Å². The zero-order valence-electron chi connectivity index (χ0n) is 9.56. The number of rotatable bonds is 2. The molecule has 0 fully saturated rings. The fraction of sp³-hybridized carbons (Fsp3) is 0. The summed E-state index contributed by atoms with van der Waals surface area (Å²) in [5, 5.41) is 3.74. The summed E-state index contributed by atoms with van der Waals surface area (Å²) in [5.74, 6) is -1.09. The van der Waals surface area contributed by atoms with Crippen molar-refractivity contribution in [2.45, 2.75) is 0 Å². The zero-order chi connectivity index (χ0) is 13.4. The Balaban J connectivity index is 2.22. The summed E-state index contributed by atoms with van der Waals surface area (Å²) in [4.78, 5) is 0. The molecule has 0 bridgehead atoms. The lowest BCUT2D eigenvalue weighted by atomic mass is 10.0. The average molecular weight is 262 g/mol. The van der Waals surface area contributed by atoms with Crippen LogP contribution in [0, 0.1) is 11.6 Å².